The maximum Gasteiger partial charge on any atom is 0.320 e. The van der Waals surface area contributed by atoms with Crippen LogP contribution >= 0.6 is 0 Å². The van der Waals surface area contributed by atoms with E-state index in [-0.39, 0.29) is 11.1 Å². The lowest BCUT2D eigenvalue weighted by Crippen LogP contribution is -2.27. The molecule has 0 aliphatic rings. The maximum atomic E-state index is 10.8. The van der Waals surface area contributed by atoms with Gasteiger partial charge in [0.1, 0.15) is 0 Å². The molecule has 0 aliphatic heterocycles. The molecule has 0 aliphatic carbocycles. The van der Waals surface area contributed by atoms with E-state index in [9.17, 15) is 15.1 Å². The Hall–Kier alpha value is -1.36. The van der Waals surface area contributed by atoms with Crippen molar-refractivity contribution in [1.29, 1.82) is 0 Å². The second-order valence-corrected chi connectivity index (χ2v) is 5.60. The summed E-state index contributed by atoms with van der Waals surface area (Å²) in [5.41, 5.74) is 1.59. The quantitative estimate of drug-likeness (QED) is 0.495. The molecule has 0 spiro atoms. The van der Waals surface area contributed by atoms with Gasteiger partial charge in [0.05, 0.1) is 4.92 Å². The zero-order valence-electron chi connectivity index (χ0n) is 10.7. The molecule has 0 unspecified atom stereocenters. The van der Waals surface area contributed by atoms with E-state index in [1.807, 2.05) is 6.07 Å². The van der Waals surface area contributed by atoms with Crippen LogP contribution in [0.2, 0.25) is 6.82 Å². The molecule has 4 nitrogen and oxygen atoms in total. The molecule has 1 aromatic rings. The summed E-state index contributed by atoms with van der Waals surface area (Å²) in [6.45, 7) is 7.16. The van der Waals surface area contributed by atoms with Crippen LogP contribution in [0, 0.1) is 15.5 Å². The zero-order valence-corrected chi connectivity index (χ0v) is 10.7. The van der Waals surface area contributed by atoms with E-state index in [0.717, 1.165) is 12.0 Å². The lowest BCUT2D eigenvalue weighted by Gasteiger charge is -2.18. The average Bonchev–Trinajstić information content (AvgIpc) is 2.14. The Labute approximate surface area is 102 Å². The Morgan fingerprint density at radius 1 is 1.35 bits per heavy atom. The number of nitro benzene ring substituents is 1. The lowest BCUT2D eigenvalue weighted by molar-refractivity contribution is -0.384. The van der Waals surface area contributed by atoms with Gasteiger partial charge in [-0.1, -0.05) is 33.7 Å². The van der Waals surface area contributed by atoms with Gasteiger partial charge >= 0.3 is 6.92 Å². The minimum Gasteiger partial charge on any atom is -0.446 e. The summed E-state index contributed by atoms with van der Waals surface area (Å²) in [5.74, 6) is 0. The molecular formula is C12H18BNO3. The molecule has 0 radical (unpaired) electrons. The molecule has 0 fully saturated rings. The first-order valence-electron chi connectivity index (χ1n) is 5.65. The first-order chi connectivity index (χ1) is 7.69. The second kappa shape index (κ2) is 4.88. The van der Waals surface area contributed by atoms with Crippen molar-refractivity contribution in [3.63, 3.8) is 0 Å². The molecule has 0 saturated carbocycles. The molecule has 1 rings (SSSR count). The van der Waals surface area contributed by atoms with Gasteiger partial charge < -0.3 is 5.02 Å². The highest BCUT2D eigenvalue weighted by molar-refractivity contribution is 6.64. The highest BCUT2D eigenvalue weighted by atomic mass is 16.6. The largest absolute Gasteiger partial charge is 0.446 e. The highest BCUT2D eigenvalue weighted by Gasteiger charge is 2.18. The third-order valence-corrected chi connectivity index (χ3v) is 2.43. The van der Waals surface area contributed by atoms with Crippen molar-refractivity contribution < 1.29 is 9.95 Å². The minimum absolute atomic E-state index is 0.0441. The summed E-state index contributed by atoms with van der Waals surface area (Å²) in [7, 11) is 0. The molecule has 0 bridgehead atoms. The fraction of sp³-hybridized carbons (Fsp3) is 0.500. The predicted molar refractivity (Wildman–Crippen MR) is 69.7 cm³/mol. The van der Waals surface area contributed by atoms with Gasteiger partial charge in [0.15, 0.2) is 0 Å². The number of non-ortho nitro benzene ring substituents is 1. The van der Waals surface area contributed by atoms with Crippen molar-refractivity contribution in [2.45, 2.75) is 34.0 Å². The summed E-state index contributed by atoms with van der Waals surface area (Å²) in [6, 6.07) is 4.84. The maximum absolute atomic E-state index is 10.8. The Balaban J connectivity index is 3.17. The molecule has 0 heterocycles. The Kier molecular flexibility index (Phi) is 3.93. The molecule has 5 heteroatoms. The summed E-state index contributed by atoms with van der Waals surface area (Å²) < 4.78 is 0. The minimum atomic E-state index is -0.686. The monoisotopic (exact) mass is 235 g/mol. The van der Waals surface area contributed by atoms with Crippen molar-refractivity contribution in [3.8, 4) is 0 Å². The molecule has 0 saturated heterocycles. The van der Waals surface area contributed by atoms with Crippen LogP contribution in [-0.2, 0) is 6.42 Å². The van der Waals surface area contributed by atoms with Crippen molar-refractivity contribution in [1.82, 2.24) is 0 Å². The molecule has 1 aromatic carbocycles. The zero-order chi connectivity index (χ0) is 13.2. The van der Waals surface area contributed by atoms with E-state index >= 15 is 0 Å². The van der Waals surface area contributed by atoms with Gasteiger partial charge in [-0.3, -0.25) is 10.1 Å². The van der Waals surface area contributed by atoms with Crippen molar-refractivity contribution >= 4 is 18.1 Å². The Morgan fingerprint density at radius 2 is 1.94 bits per heavy atom. The van der Waals surface area contributed by atoms with Crippen LogP contribution in [0.1, 0.15) is 26.3 Å². The summed E-state index contributed by atoms with van der Waals surface area (Å²) in [5, 5.41) is 20.3. The standard InChI is InChI=1S/C12H18BNO3/c1-12(2,3)8-9-5-10(13(4)15)7-11(6-9)14(16)17/h5-7,15H,8H2,1-4H3. The molecule has 0 atom stereocenters. The number of nitro groups is 1. The van der Waals surface area contributed by atoms with E-state index in [4.69, 9.17) is 0 Å². The summed E-state index contributed by atoms with van der Waals surface area (Å²) in [4.78, 5) is 10.4. The molecule has 0 amide bonds. The van der Waals surface area contributed by atoms with Crippen molar-refractivity contribution in [3.05, 3.63) is 33.9 Å². The van der Waals surface area contributed by atoms with Crippen molar-refractivity contribution in [2.75, 3.05) is 0 Å². The van der Waals surface area contributed by atoms with Crippen LogP contribution in [0.4, 0.5) is 5.69 Å². The molecule has 0 aromatic heterocycles. The van der Waals surface area contributed by atoms with Gasteiger partial charge in [-0.2, -0.15) is 0 Å². The highest BCUT2D eigenvalue weighted by Crippen LogP contribution is 2.22. The van der Waals surface area contributed by atoms with Gasteiger partial charge in [-0.05, 0) is 22.9 Å². The molecular weight excluding hydrogens is 217 g/mol. The van der Waals surface area contributed by atoms with Gasteiger partial charge in [0, 0.05) is 12.1 Å². The van der Waals surface area contributed by atoms with Crippen LogP contribution in [0.3, 0.4) is 0 Å². The fourth-order valence-corrected chi connectivity index (χ4v) is 1.76. The topological polar surface area (TPSA) is 63.4 Å². The van der Waals surface area contributed by atoms with Crippen LogP contribution in [0.15, 0.2) is 18.2 Å². The SMILES string of the molecule is CB(O)c1cc(CC(C)(C)C)cc([N+](=O)[O-])c1. The number of benzene rings is 1. The van der Waals surface area contributed by atoms with E-state index in [1.165, 1.54) is 6.07 Å². The molecule has 92 valence electrons. The number of rotatable bonds is 3. The third kappa shape index (κ3) is 4.19. The van der Waals surface area contributed by atoms with E-state index in [2.05, 4.69) is 20.8 Å². The average molecular weight is 235 g/mol. The molecule has 17 heavy (non-hydrogen) atoms. The smallest absolute Gasteiger partial charge is 0.320 e. The number of hydrogen-bond acceptors (Lipinski definition) is 3. The first-order valence-corrected chi connectivity index (χ1v) is 5.65. The van der Waals surface area contributed by atoms with E-state index in [0.29, 0.717) is 5.46 Å². The van der Waals surface area contributed by atoms with Crippen LogP contribution < -0.4 is 5.46 Å². The van der Waals surface area contributed by atoms with Gasteiger partial charge in [-0.25, -0.2) is 0 Å². The summed E-state index contributed by atoms with van der Waals surface area (Å²) in [6.07, 6.45) is 0.744. The Bertz CT molecular complexity index is 424. The lowest BCUT2D eigenvalue weighted by atomic mass is 9.63. The fourth-order valence-electron chi connectivity index (χ4n) is 1.76. The molecule has 1 N–H and O–H groups in total. The Morgan fingerprint density at radius 3 is 2.35 bits per heavy atom. The number of nitrogens with zero attached hydrogens (tertiary/aromatic N) is 1. The normalized spacial score (nSPS) is 11.4. The van der Waals surface area contributed by atoms with Crippen LogP contribution in [0.5, 0.6) is 0 Å². The van der Waals surface area contributed by atoms with Crippen LogP contribution in [-0.4, -0.2) is 16.9 Å². The van der Waals surface area contributed by atoms with Crippen molar-refractivity contribution in [2.24, 2.45) is 5.41 Å². The number of hydrogen-bond donors (Lipinski definition) is 1. The predicted octanol–water partition coefficient (Wildman–Crippen LogP) is 2.00. The van der Waals surface area contributed by atoms with Gasteiger partial charge in [0.25, 0.3) is 5.69 Å². The van der Waals surface area contributed by atoms with Crippen LogP contribution in [0.25, 0.3) is 0 Å². The van der Waals surface area contributed by atoms with E-state index < -0.39 is 11.8 Å². The third-order valence-electron chi connectivity index (χ3n) is 2.43. The van der Waals surface area contributed by atoms with Gasteiger partial charge in [0.2, 0.25) is 0 Å². The van der Waals surface area contributed by atoms with E-state index in [1.54, 1.807) is 12.9 Å². The van der Waals surface area contributed by atoms with Gasteiger partial charge in [-0.15, -0.1) is 0 Å². The summed E-state index contributed by atoms with van der Waals surface area (Å²) >= 11 is 0. The first kappa shape index (κ1) is 13.7. The second-order valence-electron chi connectivity index (χ2n) is 5.60.